The molecule has 1 aliphatic heterocycles. The Balaban J connectivity index is 1.53. The monoisotopic (exact) mass is 410 g/mol. The zero-order chi connectivity index (χ0) is 20.8. The van der Waals surface area contributed by atoms with Gasteiger partial charge in [-0.25, -0.2) is 26.9 Å². The summed E-state index contributed by atoms with van der Waals surface area (Å²) < 4.78 is 67.7. The SMILES string of the molecule is O=C(Nc1c[nH]c2cc(F)c(F)cc12)c1cnc(N2CCC(F)(F)CC2)c(F)c1. The number of nitrogens with one attached hydrogen (secondary N) is 2. The summed E-state index contributed by atoms with van der Waals surface area (Å²) in [6.07, 6.45) is 1.70. The van der Waals surface area contributed by atoms with Crippen LogP contribution in [0.3, 0.4) is 0 Å². The van der Waals surface area contributed by atoms with Gasteiger partial charge >= 0.3 is 0 Å². The normalized spacial score (nSPS) is 16.2. The van der Waals surface area contributed by atoms with E-state index in [1.54, 1.807) is 0 Å². The number of nitrogens with zero attached hydrogens (tertiary/aromatic N) is 2. The number of amides is 1. The number of aromatic nitrogens is 2. The van der Waals surface area contributed by atoms with Crippen molar-refractivity contribution in [3.05, 3.63) is 53.6 Å². The lowest BCUT2D eigenvalue weighted by molar-refractivity contribution is -0.0222. The van der Waals surface area contributed by atoms with E-state index in [9.17, 15) is 26.7 Å². The van der Waals surface area contributed by atoms with Crippen LogP contribution in [0, 0.1) is 17.5 Å². The second-order valence-electron chi connectivity index (χ2n) is 6.84. The largest absolute Gasteiger partial charge is 0.359 e. The van der Waals surface area contributed by atoms with Gasteiger partial charge in [-0.05, 0) is 12.1 Å². The van der Waals surface area contributed by atoms with Gasteiger partial charge in [0.1, 0.15) is 0 Å². The minimum Gasteiger partial charge on any atom is -0.359 e. The van der Waals surface area contributed by atoms with Crippen LogP contribution >= 0.6 is 0 Å². The molecule has 0 aliphatic carbocycles. The summed E-state index contributed by atoms with van der Waals surface area (Å²) in [5.74, 6) is -6.49. The Morgan fingerprint density at radius 1 is 1.07 bits per heavy atom. The third-order valence-electron chi connectivity index (χ3n) is 4.85. The van der Waals surface area contributed by atoms with Crippen LogP contribution < -0.4 is 10.2 Å². The standard InChI is InChI=1S/C19H15F5N4O/c20-12-6-11-15(7-13(12)21)25-9-16(11)27-18(29)10-5-14(22)17(26-8-10)28-3-1-19(23,24)2-4-28/h5-9,25H,1-4H2,(H,27,29). The van der Waals surface area contributed by atoms with E-state index < -0.39 is 42.1 Å². The Morgan fingerprint density at radius 2 is 1.76 bits per heavy atom. The number of carbonyl (C=O) groups is 1. The summed E-state index contributed by atoms with van der Waals surface area (Å²) in [5, 5.41) is 2.73. The van der Waals surface area contributed by atoms with Crippen LogP contribution in [0.1, 0.15) is 23.2 Å². The smallest absolute Gasteiger partial charge is 0.257 e. The van der Waals surface area contributed by atoms with Crippen molar-refractivity contribution in [2.45, 2.75) is 18.8 Å². The molecule has 29 heavy (non-hydrogen) atoms. The van der Waals surface area contributed by atoms with Crippen LogP contribution in [0.5, 0.6) is 0 Å². The molecular weight excluding hydrogens is 395 g/mol. The first-order valence-electron chi connectivity index (χ1n) is 8.79. The van der Waals surface area contributed by atoms with E-state index in [1.807, 2.05) is 0 Å². The van der Waals surface area contributed by atoms with Crippen molar-refractivity contribution in [2.75, 3.05) is 23.3 Å². The fraction of sp³-hybridized carbons (Fsp3) is 0.263. The fourth-order valence-electron chi connectivity index (χ4n) is 3.25. The van der Waals surface area contributed by atoms with Gasteiger partial charge in [0.15, 0.2) is 23.3 Å². The minimum atomic E-state index is -2.77. The van der Waals surface area contributed by atoms with Gasteiger partial charge in [-0.2, -0.15) is 0 Å². The van der Waals surface area contributed by atoms with Crippen molar-refractivity contribution in [1.82, 2.24) is 9.97 Å². The molecule has 2 N–H and O–H groups in total. The molecule has 1 aromatic carbocycles. The van der Waals surface area contributed by atoms with Crippen molar-refractivity contribution in [2.24, 2.45) is 0 Å². The van der Waals surface area contributed by atoms with E-state index in [0.717, 1.165) is 24.4 Å². The molecule has 0 bridgehead atoms. The van der Waals surface area contributed by atoms with Crippen LogP contribution in [0.4, 0.5) is 33.5 Å². The Kier molecular flexibility index (Phi) is 4.64. The van der Waals surface area contributed by atoms with Gasteiger partial charge < -0.3 is 15.2 Å². The second kappa shape index (κ2) is 7.02. The molecular formula is C19H15F5N4O. The van der Waals surface area contributed by atoms with Crippen molar-refractivity contribution in [1.29, 1.82) is 0 Å². The first kappa shape index (κ1) is 19.2. The summed E-state index contributed by atoms with van der Waals surface area (Å²) in [6, 6.07) is 2.85. The number of carbonyl (C=O) groups excluding carboxylic acids is 1. The Labute approximate surface area is 161 Å². The van der Waals surface area contributed by atoms with Gasteiger partial charge in [-0.3, -0.25) is 4.79 Å². The number of benzene rings is 1. The topological polar surface area (TPSA) is 61.0 Å². The highest BCUT2D eigenvalue weighted by molar-refractivity contribution is 6.08. The number of rotatable bonds is 3. The summed E-state index contributed by atoms with van der Waals surface area (Å²) >= 11 is 0. The van der Waals surface area contributed by atoms with E-state index in [1.165, 1.54) is 11.1 Å². The zero-order valence-electron chi connectivity index (χ0n) is 14.9. The van der Waals surface area contributed by atoms with Crippen LogP contribution in [-0.2, 0) is 0 Å². The maximum atomic E-state index is 14.4. The van der Waals surface area contributed by atoms with Gasteiger partial charge in [0.05, 0.1) is 16.8 Å². The van der Waals surface area contributed by atoms with Gasteiger partial charge in [0, 0.05) is 49.8 Å². The van der Waals surface area contributed by atoms with Crippen molar-refractivity contribution in [3.63, 3.8) is 0 Å². The first-order valence-corrected chi connectivity index (χ1v) is 8.79. The molecule has 0 radical (unpaired) electrons. The molecule has 2 aromatic heterocycles. The number of halogens is 5. The highest BCUT2D eigenvalue weighted by Crippen LogP contribution is 2.31. The molecule has 3 heterocycles. The number of fused-ring (bicyclic) bond motifs is 1. The summed E-state index contributed by atoms with van der Waals surface area (Å²) in [4.78, 5) is 20.4. The molecule has 10 heteroatoms. The highest BCUT2D eigenvalue weighted by atomic mass is 19.3. The van der Waals surface area contributed by atoms with Gasteiger partial charge in [-0.1, -0.05) is 0 Å². The zero-order valence-corrected chi connectivity index (χ0v) is 14.9. The van der Waals surface area contributed by atoms with E-state index >= 15 is 0 Å². The number of piperidine rings is 1. The Bertz CT molecular complexity index is 1090. The van der Waals surface area contributed by atoms with E-state index in [4.69, 9.17) is 0 Å². The number of pyridine rings is 1. The molecule has 0 unspecified atom stereocenters. The lowest BCUT2D eigenvalue weighted by Gasteiger charge is -2.32. The Morgan fingerprint density at radius 3 is 2.45 bits per heavy atom. The molecule has 5 nitrogen and oxygen atoms in total. The minimum absolute atomic E-state index is 0.0417. The first-order chi connectivity index (χ1) is 13.7. The molecule has 1 aliphatic rings. The number of aromatic amines is 1. The maximum Gasteiger partial charge on any atom is 0.257 e. The third-order valence-corrected chi connectivity index (χ3v) is 4.85. The molecule has 1 amide bonds. The maximum absolute atomic E-state index is 14.4. The predicted octanol–water partition coefficient (Wildman–Crippen LogP) is 4.47. The van der Waals surface area contributed by atoms with Gasteiger partial charge in [-0.15, -0.1) is 0 Å². The molecule has 3 aromatic rings. The molecule has 0 saturated carbocycles. The number of hydrogen-bond acceptors (Lipinski definition) is 3. The second-order valence-corrected chi connectivity index (χ2v) is 6.84. The van der Waals surface area contributed by atoms with Crippen LogP contribution in [0.15, 0.2) is 30.6 Å². The van der Waals surface area contributed by atoms with Gasteiger partial charge in [0.25, 0.3) is 11.8 Å². The van der Waals surface area contributed by atoms with Crippen molar-refractivity contribution < 1.29 is 26.7 Å². The molecule has 1 saturated heterocycles. The van der Waals surface area contributed by atoms with Crippen LogP contribution in [0.2, 0.25) is 0 Å². The highest BCUT2D eigenvalue weighted by Gasteiger charge is 2.35. The van der Waals surface area contributed by atoms with E-state index in [0.29, 0.717) is 0 Å². The summed E-state index contributed by atoms with van der Waals surface area (Å²) in [6.45, 7) is -0.0835. The average molecular weight is 410 g/mol. The molecule has 1 fully saturated rings. The van der Waals surface area contributed by atoms with Crippen molar-refractivity contribution >= 4 is 28.3 Å². The van der Waals surface area contributed by atoms with Crippen LogP contribution in [0.25, 0.3) is 10.9 Å². The summed E-state index contributed by atoms with van der Waals surface area (Å²) in [7, 11) is 0. The molecule has 0 atom stereocenters. The molecule has 4 rings (SSSR count). The third kappa shape index (κ3) is 3.74. The van der Waals surface area contributed by atoms with Crippen LogP contribution in [-0.4, -0.2) is 34.9 Å². The quantitative estimate of drug-likeness (QED) is 0.627. The van der Waals surface area contributed by atoms with E-state index in [-0.39, 0.29) is 41.1 Å². The lowest BCUT2D eigenvalue weighted by Crippen LogP contribution is -2.40. The average Bonchev–Trinajstić information content (AvgIpc) is 3.04. The summed E-state index contributed by atoms with van der Waals surface area (Å²) in [5.41, 5.74) is 0.359. The molecule has 152 valence electrons. The lowest BCUT2D eigenvalue weighted by atomic mass is 10.1. The van der Waals surface area contributed by atoms with E-state index in [2.05, 4.69) is 15.3 Å². The molecule has 0 spiro atoms. The number of hydrogen-bond donors (Lipinski definition) is 2. The predicted molar refractivity (Wildman–Crippen MR) is 96.8 cm³/mol. The fourth-order valence-corrected chi connectivity index (χ4v) is 3.25. The number of H-pyrrole nitrogens is 1. The number of anilines is 2. The Hall–Kier alpha value is -3.17. The van der Waals surface area contributed by atoms with Gasteiger partial charge in [0.2, 0.25) is 0 Å². The number of alkyl halides is 2. The van der Waals surface area contributed by atoms with Crippen molar-refractivity contribution in [3.8, 4) is 0 Å².